The van der Waals surface area contributed by atoms with Crippen LogP contribution < -0.4 is 0 Å². The van der Waals surface area contributed by atoms with Crippen molar-refractivity contribution in [1.82, 2.24) is 0 Å². The van der Waals surface area contributed by atoms with Gasteiger partial charge in [-0.05, 0) is 36.8 Å². The highest BCUT2D eigenvalue weighted by atomic mass is 16.1. The molecule has 0 radical (unpaired) electrons. The van der Waals surface area contributed by atoms with E-state index in [-0.39, 0.29) is 23.4 Å². The van der Waals surface area contributed by atoms with Crippen LogP contribution in [0.3, 0.4) is 0 Å². The molecule has 0 aromatic heterocycles. The van der Waals surface area contributed by atoms with Crippen LogP contribution in [0.1, 0.15) is 13.3 Å². The third-order valence-electron chi connectivity index (χ3n) is 3.84. The Hall–Kier alpha value is -1.18. The average Bonchev–Trinajstić information content (AvgIpc) is 2.73. The van der Waals surface area contributed by atoms with Gasteiger partial charge in [-0.25, -0.2) is 0 Å². The van der Waals surface area contributed by atoms with Crippen molar-refractivity contribution in [2.45, 2.75) is 13.3 Å². The van der Waals surface area contributed by atoms with Gasteiger partial charge in [-0.1, -0.05) is 12.2 Å². The highest BCUT2D eigenvalue weighted by Gasteiger charge is 2.52. The van der Waals surface area contributed by atoms with Gasteiger partial charge in [0.25, 0.3) is 0 Å². The van der Waals surface area contributed by atoms with Crippen LogP contribution in [0, 0.1) is 23.7 Å². The molecule has 0 N–H and O–H groups in total. The summed E-state index contributed by atoms with van der Waals surface area (Å²) in [4.78, 5) is 23.6. The fourth-order valence-corrected chi connectivity index (χ4v) is 3.21. The third-order valence-corrected chi connectivity index (χ3v) is 3.84. The van der Waals surface area contributed by atoms with E-state index < -0.39 is 0 Å². The molecule has 2 heteroatoms. The Kier molecular flexibility index (Phi) is 1.42. The number of carbonyl (C=O) groups is 2. The van der Waals surface area contributed by atoms with Gasteiger partial charge in [0.1, 0.15) is 0 Å². The number of rotatable bonds is 0. The quantitative estimate of drug-likeness (QED) is 0.540. The van der Waals surface area contributed by atoms with Gasteiger partial charge in [0.15, 0.2) is 11.6 Å². The molecule has 1 saturated carbocycles. The largest absolute Gasteiger partial charge is 0.294 e. The molecular formula is C12H12O2. The second-order valence-electron chi connectivity index (χ2n) is 4.59. The van der Waals surface area contributed by atoms with Crippen LogP contribution >= 0.6 is 0 Å². The first-order chi connectivity index (χ1) is 6.68. The van der Waals surface area contributed by atoms with Crippen molar-refractivity contribution >= 4 is 11.6 Å². The second kappa shape index (κ2) is 2.44. The Morgan fingerprint density at radius 1 is 1.14 bits per heavy atom. The van der Waals surface area contributed by atoms with Gasteiger partial charge >= 0.3 is 0 Å². The van der Waals surface area contributed by atoms with Crippen LogP contribution in [0.5, 0.6) is 0 Å². The summed E-state index contributed by atoms with van der Waals surface area (Å²) in [5.74, 6) is 0.995. The van der Waals surface area contributed by atoms with Crippen LogP contribution in [-0.4, -0.2) is 11.6 Å². The van der Waals surface area contributed by atoms with Crippen LogP contribution in [0.2, 0.25) is 0 Å². The maximum absolute atomic E-state index is 11.9. The highest BCUT2D eigenvalue weighted by Crippen LogP contribution is 2.51. The van der Waals surface area contributed by atoms with Gasteiger partial charge in [-0.15, -0.1) is 0 Å². The maximum Gasteiger partial charge on any atom is 0.163 e. The third kappa shape index (κ3) is 0.813. The van der Waals surface area contributed by atoms with Gasteiger partial charge in [-0.2, -0.15) is 0 Å². The van der Waals surface area contributed by atoms with Crippen LogP contribution in [0.4, 0.5) is 0 Å². The van der Waals surface area contributed by atoms with Crippen LogP contribution in [0.15, 0.2) is 23.8 Å². The first-order valence-corrected chi connectivity index (χ1v) is 5.13. The fourth-order valence-electron chi connectivity index (χ4n) is 3.21. The molecule has 4 atom stereocenters. The lowest BCUT2D eigenvalue weighted by atomic mass is 9.72. The summed E-state index contributed by atoms with van der Waals surface area (Å²) < 4.78 is 0. The van der Waals surface area contributed by atoms with E-state index in [0.717, 1.165) is 6.42 Å². The molecule has 0 aliphatic heterocycles. The van der Waals surface area contributed by atoms with E-state index in [1.165, 1.54) is 6.08 Å². The van der Waals surface area contributed by atoms with Gasteiger partial charge in [0.05, 0.1) is 0 Å². The summed E-state index contributed by atoms with van der Waals surface area (Å²) in [6, 6.07) is 0. The Bertz CT molecular complexity index is 389. The second-order valence-corrected chi connectivity index (χ2v) is 4.59. The molecule has 14 heavy (non-hydrogen) atoms. The van der Waals surface area contributed by atoms with Crippen molar-refractivity contribution in [3.05, 3.63) is 23.8 Å². The molecule has 3 rings (SSSR count). The molecule has 0 saturated heterocycles. The van der Waals surface area contributed by atoms with Crippen molar-refractivity contribution < 1.29 is 9.59 Å². The molecule has 0 unspecified atom stereocenters. The topological polar surface area (TPSA) is 34.1 Å². The van der Waals surface area contributed by atoms with E-state index in [2.05, 4.69) is 12.2 Å². The maximum atomic E-state index is 11.9. The van der Waals surface area contributed by atoms with Crippen molar-refractivity contribution in [2.75, 3.05) is 0 Å². The monoisotopic (exact) mass is 188 g/mol. The number of fused-ring (bicyclic) bond motifs is 5. The molecule has 3 aliphatic carbocycles. The summed E-state index contributed by atoms with van der Waals surface area (Å²) in [6.07, 6.45) is 6.78. The number of hydrogen-bond acceptors (Lipinski definition) is 2. The van der Waals surface area contributed by atoms with Crippen molar-refractivity contribution in [2.24, 2.45) is 23.7 Å². The highest BCUT2D eigenvalue weighted by molar-refractivity contribution is 6.11. The fraction of sp³-hybridized carbons (Fsp3) is 0.500. The Labute approximate surface area is 82.7 Å². The van der Waals surface area contributed by atoms with E-state index in [1.54, 1.807) is 6.92 Å². The lowest BCUT2D eigenvalue weighted by molar-refractivity contribution is -0.130. The number of ketones is 2. The normalized spacial score (nSPS) is 44.2. The molecule has 0 spiro atoms. The van der Waals surface area contributed by atoms with E-state index in [9.17, 15) is 9.59 Å². The molecule has 0 amide bonds. The molecule has 72 valence electrons. The van der Waals surface area contributed by atoms with E-state index >= 15 is 0 Å². The van der Waals surface area contributed by atoms with Crippen LogP contribution in [0.25, 0.3) is 0 Å². The first kappa shape index (κ1) is 8.16. The van der Waals surface area contributed by atoms with E-state index in [0.29, 0.717) is 17.4 Å². The number of allylic oxidation sites excluding steroid dienone is 4. The number of Topliss-reactive ketones (excluding diaryl/α,β-unsaturated/α-hetero) is 1. The van der Waals surface area contributed by atoms with Gasteiger partial charge < -0.3 is 0 Å². The molecule has 0 aromatic rings. The average molecular weight is 188 g/mol. The number of carbonyl (C=O) groups excluding carboxylic acids is 2. The summed E-state index contributed by atoms with van der Waals surface area (Å²) in [5, 5.41) is 0. The summed E-state index contributed by atoms with van der Waals surface area (Å²) in [5.41, 5.74) is 0.650. The minimum Gasteiger partial charge on any atom is -0.294 e. The van der Waals surface area contributed by atoms with Crippen molar-refractivity contribution in [3.63, 3.8) is 0 Å². The molecule has 2 bridgehead atoms. The molecule has 0 aromatic carbocycles. The molecule has 0 heterocycles. The standard InChI is InChI=1S/C12H12O2/c1-6-4-9(13)10-7-2-3-8(5-7)11(10)12(6)14/h2-4,7-8,10-11H,5H2,1H3/t7-,8-,10+,11+/m1/s1. The Morgan fingerprint density at radius 2 is 1.79 bits per heavy atom. The molecule has 2 nitrogen and oxygen atoms in total. The zero-order chi connectivity index (χ0) is 9.87. The number of hydrogen-bond donors (Lipinski definition) is 0. The predicted molar refractivity (Wildman–Crippen MR) is 51.5 cm³/mol. The predicted octanol–water partition coefficient (Wildman–Crippen LogP) is 1.52. The first-order valence-electron chi connectivity index (χ1n) is 5.13. The Morgan fingerprint density at radius 3 is 2.50 bits per heavy atom. The van der Waals surface area contributed by atoms with Gasteiger partial charge in [0.2, 0.25) is 0 Å². The van der Waals surface area contributed by atoms with Gasteiger partial charge in [0, 0.05) is 11.8 Å². The lowest BCUT2D eigenvalue weighted by Crippen LogP contribution is -2.36. The van der Waals surface area contributed by atoms with E-state index in [4.69, 9.17) is 0 Å². The molecular weight excluding hydrogens is 176 g/mol. The van der Waals surface area contributed by atoms with Crippen LogP contribution in [-0.2, 0) is 9.59 Å². The SMILES string of the molecule is CC1=CC(=O)[C@H]2[C@@H](C1=O)[C@@H]1C=C[C@@H]2C1. The van der Waals surface area contributed by atoms with Gasteiger partial charge in [-0.3, -0.25) is 9.59 Å². The Balaban J connectivity index is 2.10. The molecule has 1 fully saturated rings. The zero-order valence-corrected chi connectivity index (χ0v) is 8.07. The summed E-state index contributed by atoms with van der Waals surface area (Å²) in [6.45, 7) is 1.76. The lowest BCUT2D eigenvalue weighted by Gasteiger charge is -2.28. The minimum atomic E-state index is -0.0267. The van der Waals surface area contributed by atoms with E-state index in [1.807, 2.05) is 0 Å². The summed E-state index contributed by atoms with van der Waals surface area (Å²) in [7, 11) is 0. The summed E-state index contributed by atoms with van der Waals surface area (Å²) >= 11 is 0. The molecule has 3 aliphatic rings. The smallest absolute Gasteiger partial charge is 0.163 e. The van der Waals surface area contributed by atoms with Crippen molar-refractivity contribution in [3.8, 4) is 0 Å². The zero-order valence-electron chi connectivity index (χ0n) is 8.07. The van der Waals surface area contributed by atoms with Crippen molar-refractivity contribution in [1.29, 1.82) is 0 Å². The minimum absolute atomic E-state index is 0.0255.